The molecule has 0 fully saturated rings. The van der Waals surface area contributed by atoms with Crippen LogP contribution in [0.25, 0.3) is 17.1 Å². The van der Waals surface area contributed by atoms with E-state index in [9.17, 15) is 5.26 Å². The molecule has 0 aliphatic heterocycles. The van der Waals surface area contributed by atoms with E-state index in [-0.39, 0.29) is 0 Å². The minimum Gasteiger partial charge on any atom is -0.323 e. The monoisotopic (exact) mass is 384 g/mol. The van der Waals surface area contributed by atoms with E-state index < -0.39 is 0 Å². The van der Waals surface area contributed by atoms with Gasteiger partial charge in [0.2, 0.25) is 0 Å². The average molecular weight is 384 g/mol. The Morgan fingerprint density at radius 1 is 1.03 bits per heavy atom. The van der Waals surface area contributed by atoms with Crippen LogP contribution in [0.4, 0.5) is 11.6 Å². The smallest absolute Gasteiger partial charge is 0.159 e. The molecule has 0 radical (unpaired) electrons. The molecule has 0 spiro atoms. The van der Waals surface area contributed by atoms with E-state index >= 15 is 0 Å². The van der Waals surface area contributed by atoms with Crippen LogP contribution in [-0.2, 0) is 7.05 Å². The van der Waals surface area contributed by atoms with E-state index in [1.54, 1.807) is 15.4 Å². The number of benzene rings is 1. The number of hydrogen-bond acceptors (Lipinski definition) is 6. The topological polar surface area (TPSA) is 97.2 Å². The predicted octanol–water partition coefficient (Wildman–Crippen LogP) is 3.60. The molecule has 0 amide bonds. The fourth-order valence-corrected chi connectivity index (χ4v) is 3.40. The first-order chi connectivity index (χ1) is 14.0. The summed E-state index contributed by atoms with van der Waals surface area (Å²) in [7, 11) is 1.88. The third kappa shape index (κ3) is 3.46. The second-order valence-electron chi connectivity index (χ2n) is 6.86. The Labute approximate surface area is 168 Å². The number of anilines is 2. The van der Waals surface area contributed by atoms with Crippen LogP contribution in [0.1, 0.15) is 22.5 Å². The Kier molecular flexibility index (Phi) is 4.56. The highest BCUT2D eigenvalue weighted by Gasteiger charge is 2.16. The molecule has 29 heavy (non-hydrogen) atoms. The highest BCUT2D eigenvalue weighted by molar-refractivity contribution is 5.72. The summed E-state index contributed by atoms with van der Waals surface area (Å²) in [6.07, 6.45) is 1.50. The van der Waals surface area contributed by atoms with Crippen LogP contribution < -0.4 is 5.32 Å². The molecule has 3 aromatic heterocycles. The van der Waals surface area contributed by atoms with E-state index in [0.29, 0.717) is 23.0 Å². The van der Waals surface area contributed by atoms with Crippen molar-refractivity contribution in [1.29, 1.82) is 5.26 Å². The number of nitrogens with one attached hydrogen (secondary N) is 1. The molecule has 0 saturated heterocycles. The lowest BCUT2D eigenvalue weighted by atomic mass is 10.1. The summed E-state index contributed by atoms with van der Waals surface area (Å²) in [4.78, 5) is 8.65. The van der Waals surface area contributed by atoms with Crippen molar-refractivity contribution in [1.82, 2.24) is 29.5 Å². The molecule has 144 valence electrons. The summed E-state index contributed by atoms with van der Waals surface area (Å²) >= 11 is 0. The number of nitrogens with zero attached hydrogens (tertiary/aromatic N) is 7. The van der Waals surface area contributed by atoms with E-state index in [4.69, 9.17) is 0 Å². The van der Waals surface area contributed by atoms with Crippen molar-refractivity contribution in [2.45, 2.75) is 20.8 Å². The number of nitriles is 1. The van der Waals surface area contributed by atoms with Crippen LogP contribution in [0, 0.1) is 32.1 Å². The maximum Gasteiger partial charge on any atom is 0.159 e. The molecule has 0 unspecified atom stereocenters. The molecular weight excluding hydrogens is 364 g/mol. The zero-order chi connectivity index (χ0) is 20.5. The Balaban J connectivity index is 1.68. The Morgan fingerprint density at radius 2 is 1.86 bits per heavy atom. The molecule has 4 rings (SSSR count). The normalized spacial score (nSPS) is 10.7. The van der Waals surface area contributed by atoms with Crippen LogP contribution in [0.15, 0.2) is 42.7 Å². The quantitative estimate of drug-likeness (QED) is 0.577. The molecule has 0 aliphatic rings. The van der Waals surface area contributed by atoms with Crippen LogP contribution in [0.2, 0.25) is 0 Å². The molecule has 3 heterocycles. The molecule has 0 bridgehead atoms. The number of aromatic nitrogens is 6. The second-order valence-corrected chi connectivity index (χ2v) is 6.86. The summed E-state index contributed by atoms with van der Waals surface area (Å²) in [6, 6.07) is 13.5. The molecule has 0 saturated carbocycles. The maximum atomic E-state index is 9.18. The number of rotatable bonds is 4. The molecule has 8 heteroatoms. The molecule has 0 atom stereocenters. The van der Waals surface area contributed by atoms with Crippen molar-refractivity contribution >= 4 is 11.6 Å². The highest BCUT2D eigenvalue weighted by Crippen LogP contribution is 2.30. The fraction of sp³-hybridized carbons (Fsp3) is 0.190. The predicted molar refractivity (Wildman–Crippen MR) is 110 cm³/mol. The van der Waals surface area contributed by atoms with Gasteiger partial charge in [0.25, 0.3) is 0 Å². The number of aryl methyl sites for hydroxylation is 3. The first-order valence-corrected chi connectivity index (χ1v) is 9.13. The summed E-state index contributed by atoms with van der Waals surface area (Å²) in [5.41, 5.74) is 5.39. The lowest BCUT2D eigenvalue weighted by Gasteiger charge is -2.07. The maximum absolute atomic E-state index is 9.18. The van der Waals surface area contributed by atoms with Gasteiger partial charge >= 0.3 is 0 Å². The van der Waals surface area contributed by atoms with Crippen molar-refractivity contribution in [3.63, 3.8) is 0 Å². The van der Waals surface area contributed by atoms with E-state index in [0.717, 1.165) is 28.2 Å². The molecule has 8 nitrogen and oxygen atoms in total. The molecule has 1 aromatic carbocycles. The third-order valence-corrected chi connectivity index (χ3v) is 4.67. The minimum atomic E-state index is 0.614. The molecular formula is C21H20N8. The Bertz CT molecular complexity index is 1240. The summed E-state index contributed by atoms with van der Waals surface area (Å²) in [5.74, 6) is 2.01. The van der Waals surface area contributed by atoms with Crippen LogP contribution in [-0.4, -0.2) is 29.5 Å². The van der Waals surface area contributed by atoms with Gasteiger partial charge in [-0.25, -0.2) is 14.6 Å². The highest BCUT2D eigenvalue weighted by atomic mass is 15.3. The van der Waals surface area contributed by atoms with Gasteiger partial charge < -0.3 is 5.32 Å². The van der Waals surface area contributed by atoms with Crippen LogP contribution in [0.5, 0.6) is 0 Å². The van der Waals surface area contributed by atoms with E-state index in [2.05, 4.69) is 31.6 Å². The standard InChI is InChI=1S/C21H20N8/c1-13-8-14(2)29(26-13)19-10-18(23-12-24-19)25-21-15(3)20(28(4)27-21)17-7-5-6-16(9-17)11-22/h5-10,12H,1-4H3,(H,23,24,25,27). The molecule has 4 aromatic rings. The third-order valence-electron chi connectivity index (χ3n) is 4.67. The lowest BCUT2D eigenvalue weighted by Crippen LogP contribution is -2.04. The Hall–Kier alpha value is -3.99. The Morgan fingerprint density at radius 3 is 2.59 bits per heavy atom. The van der Waals surface area contributed by atoms with Crippen molar-refractivity contribution in [2.75, 3.05) is 5.32 Å². The largest absolute Gasteiger partial charge is 0.323 e. The summed E-state index contributed by atoms with van der Waals surface area (Å²) in [6.45, 7) is 5.93. The zero-order valence-electron chi connectivity index (χ0n) is 16.7. The van der Waals surface area contributed by atoms with Crippen LogP contribution >= 0.6 is 0 Å². The van der Waals surface area contributed by atoms with Crippen molar-refractivity contribution in [2.24, 2.45) is 7.05 Å². The van der Waals surface area contributed by atoms with Gasteiger partial charge in [-0.2, -0.15) is 15.5 Å². The van der Waals surface area contributed by atoms with Gasteiger partial charge in [0.1, 0.15) is 12.1 Å². The number of hydrogen-bond donors (Lipinski definition) is 1. The van der Waals surface area contributed by atoms with Gasteiger partial charge in [0.05, 0.1) is 23.0 Å². The molecule has 1 N–H and O–H groups in total. The minimum absolute atomic E-state index is 0.614. The first kappa shape index (κ1) is 18.4. The van der Waals surface area contributed by atoms with Gasteiger partial charge in [0, 0.05) is 29.9 Å². The van der Waals surface area contributed by atoms with Gasteiger partial charge in [-0.15, -0.1) is 0 Å². The van der Waals surface area contributed by atoms with Gasteiger partial charge in [-0.1, -0.05) is 12.1 Å². The SMILES string of the molecule is Cc1cc(C)n(-c2cc(Nc3nn(C)c(-c4cccc(C#N)c4)c3C)ncn2)n1. The van der Waals surface area contributed by atoms with Gasteiger partial charge in [-0.05, 0) is 39.0 Å². The average Bonchev–Trinajstić information content (AvgIpc) is 3.19. The lowest BCUT2D eigenvalue weighted by molar-refractivity contribution is 0.778. The van der Waals surface area contributed by atoms with Gasteiger partial charge in [-0.3, -0.25) is 4.68 Å². The van der Waals surface area contributed by atoms with Crippen molar-refractivity contribution in [3.8, 4) is 23.1 Å². The first-order valence-electron chi connectivity index (χ1n) is 9.13. The second kappa shape index (κ2) is 7.20. The summed E-state index contributed by atoms with van der Waals surface area (Å²) in [5, 5.41) is 21.5. The summed E-state index contributed by atoms with van der Waals surface area (Å²) < 4.78 is 3.59. The van der Waals surface area contributed by atoms with Crippen molar-refractivity contribution in [3.05, 3.63) is 65.2 Å². The van der Waals surface area contributed by atoms with E-state index in [1.807, 2.05) is 58.2 Å². The van der Waals surface area contributed by atoms with Crippen molar-refractivity contribution < 1.29 is 0 Å². The molecule has 0 aliphatic carbocycles. The zero-order valence-corrected chi connectivity index (χ0v) is 16.7. The van der Waals surface area contributed by atoms with E-state index in [1.165, 1.54) is 6.33 Å². The van der Waals surface area contributed by atoms with Crippen LogP contribution in [0.3, 0.4) is 0 Å². The van der Waals surface area contributed by atoms with Gasteiger partial charge in [0.15, 0.2) is 11.6 Å². The fourth-order valence-electron chi connectivity index (χ4n) is 3.40.